The first-order valence-corrected chi connectivity index (χ1v) is 7.67. The van der Waals surface area contributed by atoms with Crippen LogP contribution in [0.1, 0.15) is 25.0 Å². The van der Waals surface area contributed by atoms with Crippen molar-refractivity contribution in [1.82, 2.24) is 10.6 Å². The van der Waals surface area contributed by atoms with Crippen molar-refractivity contribution in [1.29, 1.82) is 0 Å². The van der Waals surface area contributed by atoms with E-state index in [1.54, 1.807) is 11.8 Å². The molecule has 0 spiro atoms. The summed E-state index contributed by atoms with van der Waals surface area (Å²) in [5, 5.41) is 16.2. The maximum absolute atomic E-state index is 11.9. The fraction of sp³-hybridized carbons (Fsp3) is 0.500. The maximum Gasteiger partial charge on any atom is 0.238 e. The molecule has 1 amide bonds. The van der Waals surface area contributed by atoms with E-state index < -0.39 is 6.10 Å². The van der Waals surface area contributed by atoms with Crippen LogP contribution in [0.3, 0.4) is 0 Å². The zero-order valence-corrected chi connectivity index (χ0v) is 11.8. The van der Waals surface area contributed by atoms with Crippen LogP contribution >= 0.6 is 11.8 Å². The molecule has 1 aromatic rings. The normalized spacial score (nSPS) is 21.9. The van der Waals surface area contributed by atoms with Gasteiger partial charge in [0.15, 0.2) is 0 Å². The lowest BCUT2D eigenvalue weighted by Gasteiger charge is -2.20. The monoisotopic (exact) mass is 280 g/mol. The molecule has 1 aliphatic rings. The second-order valence-corrected chi connectivity index (χ2v) is 5.87. The number of aliphatic hydroxyl groups is 1. The van der Waals surface area contributed by atoms with Gasteiger partial charge in [0.1, 0.15) is 0 Å². The number of hydrogen-bond donors (Lipinski definition) is 3. The van der Waals surface area contributed by atoms with Crippen LogP contribution in [0.25, 0.3) is 0 Å². The number of carbonyl (C=O) groups is 1. The molecule has 19 heavy (non-hydrogen) atoms. The maximum atomic E-state index is 11.9. The zero-order chi connectivity index (χ0) is 13.7. The van der Waals surface area contributed by atoms with Crippen molar-refractivity contribution in [2.24, 2.45) is 0 Å². The second kappa shape index (κ2) is 6.93. The Labute approximate surface area is 118 Å². The predicted molar refractivity (Wildman–Crippen MR) is 77.9 cm³/mol. The van der Waals surface area contributed by atoms with Gasteiger partial charge >= 0.3 is 0 Å². The number of nitrogens with one attached hydrogen (secondary N) is 2. The Kier molecular flexibility index (Phi) is 5.24. The molecule has 5 heteroatoms. The zero-order valence-electron chi connectivity index (χ0n) is 11.0. The molecule has 1 saturated heterocycles. The highest BCUT2D eigenvalue weighted by Crippen LogP contribution is 2.18. The molecule has 104 valence electrons. The molecular weight excluding hydrogens is 260 g/mol. The van der Waals surface area contributed by atoms with Gasteiger partial charge in [0, 0.05) is 17.7 Å². The summed E-state index contributed by atoms with van der Waals surface area (Å²) in [5.74, 6) is 1.68. The van der Waals surface area contributed by atoms with Gasteiger partial charge in [0.05, 0.1) is 12.1 Å². The van der Waals surface area contributed by atoms with Crippen LogP contribution < -0.4 is 10.6 Å². The molecule has 0 aliphatic carbocycles. The first-order valence-electron chi connectivity index (χ1n) is 6.51. The smallest absolute Gasteiger partial charge is 0.238 e. The molecule has 0 aromatic heterocycles. The van der Waals surface area contributed by atoms with Crippen molar-refractivity contribution in [3.63, 3.8) is 0 Å². The minimum absolute atomic E-state index is 0.0257. The summed E-state index contributed by atoms with van der Waals surface area (Å²) in [6.07, 6.45) is -0.0160. The molecule has 0 bridgehead atoms. The Morgan fingerprint density at radius 3 is 2.89 bits per heavy atom. The summed E-state index contributed by atoms with van der Waals surface area (Å²) < 4.78 is 0. The van der Waals surface area contributed by atoms with Crippen molar-refractivity contribution in [3.05, 3.63) is 35.9 Å². The van der Waals surface area contributed by atoms with Gasteiger partial charge in [-0.1, -0.05) is 30.3 Å². The number of benzene rings is 1. The predicted octanol–water partition coefficient (Wildman–Crippen LogP) is 1.28. The number of carbonyl (C=O) groups excluding carboxylic acids is 1. The number of aliphatic hydroxyl groups excluding tert-OH is 1. The molecule has 3 N–H and O–H groups in total. The fourth-order valence-corrected chi connectivity index (χ4v) is 3.05. The molecule has 4 nitrogen and oxygen atoms in total. The third-order valence-electron chi connectivity index (χ3n) is 3.18. The van der Waals surface area contributed by atoms with E-state index in [2.05, 4.69) is 10.6 Å². The Morgan fingerprint density at radius 2 is 2.26 bits per heavy atom. The number of hydrogen-bond acceptors (Lipinski definition) is 4. The lowest BCUT2D eigenvalue weighted by Crippen LogP contribution is -2.45. The van der Waals surface area contributed by atoms with E-state index in [1.807, 2.05) is 37.3 Å². The first kappa shape index (κ1) is 14.4. The quantitative estimate of drug-likeness (QED) is 0.760. The van der Waals surface area contributed by atoms with E-state index in [0.717, 1.165) is 17.2 Å². The van der Waals surface area contributed by atoms with E-state index in [4.69, 9.17) is 0 Å². The van der Waals surface area contributed by atoms with E-state index in [0.29, 0.717) is 6.42 Å². The largest absolute Gasteiger partial charge is 0.388 e. The topological polar surface area (TPSA) is 61.4 Å². The van der Waals surface area contributed by atoms with Crippen molar-refractivity contribution < 1.29 is 9.90 Å². The highest BCUT2D eigenvalue weighted by molar-refractivity contribution is 7.99. The molecule has 1 aliphatic heterocycles. The molecular formula is C14H20N2O2S. The molecule has 0 radical (unpaired) electrons. The van der Waals surface area contributed by atoms with E-state index in [1.165, 1.54) is 0 Å². The van der Waals surface area contributed by atoms with Gasteiger partial charge in [0.25, 0.3) is 0 Å². The molecule has 2 rings (SSSR count). The molecule has 1 fully saturated rings. The van der Waals surface area contributed by atoms with Crippen LogP contribution in [-0.4, -0.2) is 34.7 Å². The Hall–Kier alpha value is -1.04. The highest BCUT2D eigenvalue weighted by Gasteiger charge is 2.24. The van der Waals surface area contributed by atoms with Gasteiger partial charge in [-0.05, 0) is 18.9 Å². The average molecular weight is 280 g/mol. The van der Waals surface area contributed by atoms with Crippen LogP contribution in [-0.2, 0) is 4.79 Å². The van der Waals surface area contributed by atoms with Gasteiger partial charge in [-0.15, -0.1) is 11.8 Å². The van der Waals surface area contributed by atoms with Gasteiger partial charge in [-0.3, -0.25) is 10.1 Å². The van der Waals surface area contributed by atoms with Gasteiger partial charge < -0.3 is 10.4 Å². The number of thioether (sulfide) groups is 1. The van der Waals surface area contributed by atoms with Crippen LogP contribution in [0.15, 0.2) is 30.3 Å². The summed E-state index contributed by atoms with van der Waals surface area (Å²) in [6, 6.07) is 9.38. The Balaban J connectivity index is 1.80. The molecule has 0 saturated carbocycles. The third-order valence-corrected chi connectivity index (χ3v) is 4.12. The minimum atomic E-state index is -0.539. The molecule has 3 atom stereocenters. The highest BCUT2D eigenvalue weighted by atomic mass is 32.2. The van der Waals surface area contributed by atoms with E-state index in [-0.39, 0.29) is 18.0 Å². The SMILES string of the molecule is CC(CC(O)c1ccccc1)NC(=O)[C@H]1CSCN1. The lowest BCUT2D eigenvalue weighted by molar-refractivity contribution is -0.123. The van der Waals surface area contributed by atoms with E-state index >= 15 is 0 Å². The summed E-state index contributed by atoms with van der Waals surface area (Å²) >= 11 is 1.73. The summed E-state index contributed by atoms with van der Waals surface area (Å²) in [6.45, 7) is 1.92. The van der Waals surface area contributed by atoms with Crippen LogP contribution in [0.4, 0.5) is 0 Å². The summed E-state index contributed by atoms with van der Waals surface area (Å²) in [7, 11) is 0. The lowest BCUT2D eigenvalue weighted by atomic mass is 10.0. The first-order chi connectivity index (χ1) is 9.16. The van der Waals surface area contributed by atoms with Crippen molar-refractivity contribution in [3.8, 4) is 0 Å². The van der Waals surface area contributed by atoms with Gasteiger partial charge in [0.2, 0.25) is 5.91 Å². The van der Waals surface area contributed by atoms with Crippen molar-refractivity contribution in [2.75, 3.05) is 11.6 Å². The standard InChI is InChI=1S/C14H20N2O2S/c1-10(16-14(18)12-8-19-9-15-12)7-13(17)11-5-3-2-4-6-11/h2-6,10,12-13,15,17H,7-9H2,1H3,(H,16,18)/t10?,12-,13?/m1/s1. The van der Waals surface area contributed by atoms with Crippen LogP contribution in [0.5, 0.6) is 0 Å². The molecule has 2 unspecified atom stereocenters. The Morgan fingerprint density at radius 1 is 1.53 bits per heavy atom. The summed E-state index contributed by atoms with van der Waals surface area (Å²) in [5.41, 5.74) is 0.887. The molecule has 1 heterocycles. The summed E-state index contributed by atoms with van der Waals surface area (Å²) in [4.78, 5) is 11.9. The van der Waals surface area contributed by atoms with Crippen molar-refractivity contribution in [2.45, 2.75) is 31.5 Å². The van der Waals surface area contributed by atoms with Crippen LogP contribution in [0.2, 0.25) is 0 Å². The fourth-order valence-electron chi connectivity index (χ4n) is 2.11. The van der Waals surface area contributed by atoms with Gasteiger partial charge in [-0.2, -0.15) is 0 Å². The van der Waals surface area contributed by atoms with E-state index in [9.17, 15) is 9.90 Å². The number of amides is 1. The number of rotatable bonds is 5. The van der Waals surface area contributed by atoms with Gasteiger partial charge in [-0.25, -0.2) is 0 Å². The third kappa shape index (κ3) is 4.23. The second-order valence-electron chi connectivity index (χ2n) is 4.84. The molecule has 1 aromatic carbocycles. The van der Waals surface area contributed by atoms with Crippen LogP contribution in [0, 0.1) is 0 Å². The van der Waals surface area contributed by atoms with Crippen molar-refractivity contribution >= 4 is 17.7 Å². The Bertz CT molecular complexity index is 407. The average Bonchev–Trinajstić information content (AvgIpc) is 2.93. The minimum Gasteiger partial charge on any atom is -0.388 e.